The Balaban J connectivity index is 2.52. The highest BCUT2D eigenvalue weighted by Crippen LogP contribution is 2.26. The standard InChI is InChI=1S/C14H22ClNOS/c1-3-7-16-11-12-10-13(15)5-6-14(12)18-9-4-8-17-2/h5-6,10,16H,3-4,7-9,11H2,1-2H3. The lowest BCUT2D eigenvalue weighted by atomic mass is 10.2. The van der Waals surface area contributed by atoms with Crippen LogP contribution in [-0.4, -0.2) is 26.0 Å². The summed E-state index contributed by atoms with van der Waals surface area (Å²) < 4.78 is 5.06. The van der Waals surface area contributed by atoms with Crippen molar-refractivity contribution >= 4 is 23.4 Å². The van der Waals surface area contributed by atoms with Gasteiger partial charge in [-0.3, -0.25) is 0 Å². The van der Waals surface area contributed by atoms with Gasteiger partial charge in [-0.2, -0.15) is 0 Å². The number of ether oxygens (including phenoxy) is 1. The molecule has 1 aromatic carbocycles. The summed E-state index contributed by atoms with van der Waals surface area (Å²) in [5.74, 6) is 1.08. The van der Waals surface area contributed by atoms with Gasteiger partial charge in [0.25, 0.3) is 0 Å². The largest absolute Gasteiger partial charge is 0.385 e. The summed E-state index contributed by atoms with van der Waals surface area (Å²) in [7, 11) is 1.74. The molecule has 0 saturated heterocycles. The average Bonchev–Trinajstić information content (AvgIpc) is 2.37. The minimum absolute atomic E-state index is 0.810. The Morgan fingerprint density at radius 2 is 2.22 bits per heavy atom. The van der Waals surface area contributed by atoms with Gasteiger partial charge in [-0.25, -0.2) is 0 Å². The van der Waals surface area contributed by atoms with E-state index in [0.29, 0.717) is 0 Å². The Labute approximate surface area is 119 Å². The second-order valence-electron chi connectivity index (χ2n) is 4.12. The van der Waals surface area contributed by atoms with E-state index in [-0.39, 0.29) is 0 Å². The molecule has 1 aromatic rings. The highest BCUT2D eigenvalue weighted by atomic mass is 35.5. The van der Waals surface area contributed by atoms with E-state index in [2.05, 4.69) is 24.4 Å². The fourth-order valence-corrected chi connectivity index (χ4v) is 2.77. The summed E-state index contributed by atoms with van der Waals surface area (Å²) in [4.78, 5) is 1.32. The molecule has 1 N–H and O–H groups in total. The van der Waals surface area contributed by atoms with E-state index in [0.717, 1.165) is 43.3 Å². The molecule has 0 unspecified atom stereocenters. The molecule has 0 aliphatic heterocycles. The van der Waals surface area contributed by atoms with Crippen LogP contribution >= 0.6 is 23.4 Å². The molecule has 0 spiro atoms. The third kappa shape index (κ3) is 6.10. The van der Waals surface area contributed by atoms with E-state index in [9.17, 15) is 0 Å². The first-order valence-electron chi connectivity index (χ1n) is 6.38. The number of nitrogens with one attached hydrogen (secondary N) is 1. The lowest BCUT2D eigenvalue weighted by Crippen LogP contribution is -2.14. The third-order valence-corrected chi connectivity index (χ3v) is 3.95. The number of hydrogen-bond donors (Lipinski definition) is 1. The van der Waals surface area contributed by atoms with Gasteiger partial charge in [-0.05, 0) is 43.1 Å². The number of benzene rings is 1. The maximum Gasteiger partial charge on any atom is 0.0470 e. The summed E-state index contributed by atoms with van der Waals surface area (Å²) >= 11 is 7.93. The van der Waals surface area contributed by atoms with Crippen LogP contribution in [0.3, 0.4) is 0 Å². The van der Waals surface area contributed by atoms with Gasteiger partial charge in [0.15, 0.2) is 0 Å². The molecule has 1 rings (SSSR count). The van der Waals surface area contributed by atoms with Crippen molar-refractivity contribution in [2.75, 3.05) is 26.0 Å². The van der Waals surface area contributed by atoms with Gasteiger partial charge in [0.2, 0.25) is 0 Å². The fraction of sp³-hybridized carbons (Fsp3) is 0.571. The number of halogens is 1. The summed E-state index contributed by atoms with van der Waals surface area (Å²) in [5, 5.41) is 4.23. The smallest absolute Gasteiger partial charge is 0.0470 e. The second-order valence-corrected chi connectivity index (χ2v) is 5.70. The van der Waals surface area contributed by atoms with Crippen molar-refractivity contribution in [2.24, 2.45) is 0 Å². The van der Waals surface area contributed by atoms with Crippen LogP contribution in [0.2, 0.25) is 5.02 Å². The molecule has 0 amide bonds. The first-order chi connectivity index (χ1) is 8.77. The van der Waals surface area contributed by atoms with Crippen molar-refractivity contribution < 1.29 is 4.74 Å². The lowest BCUT2D eigenvalue weighted by molar-refractivity contribution is 0.200. The van der Waals surface area contributed by atoms with Crippen molar-refractivity contribution in [2.45, 2.75) is 31.2 Å². The van der Waals surface area contributed by atoms with Crippen LogP contribution in [0.5, 0.6) is 0 Å². The molecule has 0 aliphatic carbocycles. The van der Waals surface area contributed by atoms with Crippen molar-refractivity contribution in [3.63, 3.8) is 0 Å². The number of hydrogen-bond acceptors (Lipinski definition) is 3. The van der Waals surface area contributed by atoms with Crippen LogP contribution in [-0.2, 0) is 11.3 Å². The summed E-state index contributed by atoms with van der Waals surface area (Å²) in [6.07, 6.45) is 2.22. The van der Waals surface area contributed by atoms with Crippen LogP contribution in [0, 0.1) is 0 Å². The highest BCUT2D eigenvalue weighted by molar-refractivity contribution is 7.99. The van der Waals surface area contributed by atoms with Gasteiger partial charge in [-0.1, -0.05) is 18.5 Å². The van der Waals surface area contributed by atoms with Crippen LogP contribution in [0.1, 0.15) is 25.3 Å². The zero-order chi connectivity index (χ0) is 13.2. The monoisotopic (exact) mass is 287 g/mol. The molecule has 102 valence electrons. The van der Waals surface area contributed by atoms with E-state index >= 15 is 0 Å². The van der Waals surface area contributed by atoms with Crippen LogP contribution in [0.25, 0.3) is 0 Å². The van der Waals surface area contributed by atoms with Crippen LogP contribution in [0.15, 0.2) is 23.1 Å². The highest BCUT2D eigenvalue weighted by Gasteiger charge is 2.04. The fourth-order valence-electron chi connectivity index (χ4n) is 1.61. The molecular weight excluding hydrogens is 266 g/mol. The first-order valence-corrected chi connectivity index (χ1v) is 7.75. The van der Waals surface area contributed by atoms with Gasteiger partial charge in [-0.15, -0.1) is 11.8 Å². The van der Waals surface area contributed by atoms with E-state index in [1.165, 1.54) is 10.5 Å². The lowest BCUT2D eigenvalue weighted by Gasteiger charge is -2.10. The topological polar surface area (TPSA) is 21.3 Å². The van der Waals surface area contributed by atoms with E-state index in [4.69, 9.17) is 16.3 Å². The molecule has 2 nitrogen and oxygen atoms in total. The molecule has 0 heterocycles. The Morgan fingerprint density at radius 3 is 2.94 bits per heavy atom. The number of thioether (sulfide) groups is 1. The summed E-state index contributed by atoms with van der Waals surface area (Å²) in [5.41, 5.74) is 1.29. The third-order valence-electron chi connectivity index (χ3n) is 2.52. The predicted octanol–water partition coefficient (Wildman–Crippen LogP) is 3.97. The minimum Gasteiger partial charge on any atom is -0.385 e. The Morgan fingerprint density at radius 1 is 1.39 bits per heavy atom. The average molecular weight is 288 g/mol. The second kappa shape index (κ2) is 9.68. The van der Waals surface area contributed by atoms with Gasteiger partial charge in [0.05, 0.1) is 0 Å². The van der Waals surface area contributed by atoms with Gasteiger partial charge in [0.1, 0.15) is 0 Å². The number of methoxy groups -OCH3 is 1. The Kier molecular flexibility index (Phi) is 8.51. The number of rotatable bonds is 9. The van der Waals surface area contributed by atoms with Gasteiger partial charge >= 0.3 is 0 Å². The molecule has 0 aromatic heterocycles. The first kappa shape index (κ1) is 15.8. The molecular formula is C14H22ClNOS. The Bertz CT molecular complexity index is 347. The molecule has 0 atom stereocenters. The Hall–Kier alpha value is -0.220. The zero-order valence-corrected chi connectivity index (χ0v) is 12.7. The van der Waals surface area contributed by atoms with Crippen LogP contribution in [0.4, 0.5) is 0 Å². The van der Waals surface area contributed by atoms with Gasteiger partial charge < -0.3 is 10.1 Å². The van der Waals surface area contributed by atoms with E-state index in [1.807, 2.05) is 17.8 Å². The molecule has 18 heavy (non-hydrogen) atoms. The maximum absolute atomic E-state index is 6.06. The van der Waals surface area contributed by atoms with E-state index in [1.54, 1.807) is 7.11 Å². The molecule has 0 fully saturated rings. The van der Waals surface area contributed by atoms with E-state index < -0.39 is 0 Å². The quantitative estimate of drug-likeness (QED) is 0.548. The summed E-state index contributed by atoms with van der Waals surface area (Å²) in [6, 6.07) is 6.13. The van der Waals surface area contributed by atoms with Crippen molar-refractivity contribution in [1.82, 2.24) is 5.32 Å². The van der Waals surface area contributed by atoms with Crippen LogP contribution < -0.4 is 5.32 Å². The van der Waals surface area contributed by atoms with Gasteiger partial charge in [0, 0.05) is 35.9 Å². The summed E-state index contributed by atoms with van der Waals surface area (Å²) in [6.45, 7) is 4.93. The molecule has 0 aliphatic rings. The molecule has 0 saturated carbocycles. The molecule has 0 radical (unpaired) electrons. The maximum atomic E-state index is 6.06. The van der Waals surface area contributed by atoms with Crippen molar-refractivity contribution in [3.8, 4) is 0 Å². The zero-order valence-electron chi connectivity index (χ0n) is 11.2. The SMILES string of the molecule is CCCNCc1cc(Cl)ccc1SCCCOC. The normalized spacial score (nSPS) is 10.8. The predicted molar refractivity (Wildman–Crippen MR) is 80.7 cm³/mol. The van der Waals surface area contributed by atoms with Crippen molar-refractivity contribution in [3.05, 3.63) is 28.8 Å². The molecule has 4 heteroatoms. The molecule has 0 bridgehead atoms. The minimum atomic E-state index is 0.810. The van der Waals surface area contributed by atoms with Crippen molar-refractivity contribution in [1.29, 1.82) is 0 Å².